The van der Waals surface area contributed by atoms with Crippen LogP contribution in [0.1, 0.15) is 15.9 Å². The van der Waals surface area contributed by atoms with Crippen molar-refractivity contribution >= 4 is 40.3 Å². The molecule has 0 atom stereocenters. The molecule has 0 aromatic heterocycles. The van der Waals surface area contributed by atoms with Crippen molar-refractivity contribution in [3.63, 3.8) is 0 Å². The molecule has 0 N–H and O–H groups in total. The third kappa shape index (κ3) is 3.78. The van der Waals surface area contributed by atoms with Crippen molar-refractivity contribution in [1.29, 1.82) is 5.26 Å². The van der Waals surface area contributed by atoms with Crippen molar-refractivity contribution in [2.45, 2.75) is 10.4 Å². The molecule has 18 heavy (non-hydrogen) atoms. The number of methoxy groups -OCH3 is 1. The maximum absolute atomic E-state index is 12.3. The molecule has 0 heterocycles. The van der Waals surface area contributed by atoms with Gasteiger partial charge in [0.05, 0.1) is 24.3 Å². The number of thioether (sulfide) groups is 1. The SMILES string of the molecule is COC(=O)c1cc(C#N)cc(SC(F)(F)F)c1I. The number of benzene rings is 1. The van der Waals surface area contributed by atoms with E-state index < -0.39 is 11.5 Å². The van der Waals surface area contributed by atoms with E-state index in [-0.39, 0.29) is 31.4 Å². The van der Waals surface area contributed by atoms with E-state index in [0.29, 0.717) is 0 Å². The van der Waals surface area contributed by atoms with E-state index in [1.54, 1.807) is 28.7 Å². The van der Waals surface area contributed by atoms with Gasteiger partial charge < -0.3 is 4.74 Å². The number of hydrogen-bond donors (Lipinski definition) is 0. The lowest BCUT2D eigenvalue weighted by atomic mass is 10.1. The first-order chi connectivity index (χ1) is 8.28. The van der Waals surface area contributed by atoms with E-state index >= 15 is 0 Å². The van der Waals surface area contributed by atoms with Crippen LogP contribution in [0, 0.1) is 14.9 Å². The predicted octanol–water partition coefficient (Wildman–Crippen LogP) is 3.56. The fourth-order valence-electron chi connectivity index (χ4n) is 1.12. The van der Waals surface area contributed by atoms with Gasteiger partial charge in [-0.2, -0.15) is 18.4 Å². The Kier molecular flexibility index (Phi) is 4.86. The topological polar surface area (TPSA) is 50.1 Å². The molecule has 0 saturated heterocycles. The molecule has 0 amide bonds. The first-order valence-electron chi connectivity index (χ1n) is 4.36. The van der Waals surface area contributed by atoms with Crippen molar-refractivity contribution in [2.24, 2.45) is 0 Å². The summed E-state index contributed by atoms with van der Waals surface area (Å²) in [4.78, 5) is 11.2. The monoisotopic (exact) mass is 387 g/mol. The molecule has 1 aromatic carbocycles. The van der Waals surface area contributed by atoms with Crippen LogP contribution in [0.4, 0.5) is 13.2 Å². The molecular formula is C10H5F3INO2S. The zero-order chi connectivity index (χ0) is 13.9. The number of carbonyl (C=O) groups excluding carboxylic acids is 1. The molecule has 3 nitrogen and oxygen atoms in total. The van der Waals surface area contributed by atoms with Crippen molar-refractivity contribution in [2.75, 3.05) is 7.11 Å². The number of carbonyl (C=O) groups is 1. The van der Waals surface area contributed by atoms with E-state index in [4.69, 9.17) is 5.26 Å². The molecule has 0 bridgehead atoms. The predicted molar refractivity (Wildman–Crippen MR) is 67.1 cm³/mol. The molecule has 0 saturated carbocycles. The number of halogens is 4. The molecule has 8 heteroatoms. The fourth-order valence-corrected chi connectivity index (χ4v) is 2.62. The number of hydrogen-bond acceptors (Lipinski definition) is 4. The van der Waals surface area contributed by atoms with Gasteiger partial charge in [-0.25, -0.2) is 4.79 Å². The number of rotatable bonds is 2. The van der Waals surface area contributed by atoms with Gasteiger partial charge in [0.2, 0.25) is 0 Å². The summed E-state index contributed by atoms with van der Waals surface area (Å²) in [5.74, 6) is -0.777. The minimum atomic E-state index is -4.48. The van der Waals surface area contributed by atoms with Gasteiger partial charge in [0.15, 0.2) is 0 Å². The quantitative estimate of drug-likeness (QED) is 0.443. The van der Waals surface area contributed by atoms with E-state index in [1.807, 2.05) is 0 Å². The molecule has 0 spiro atoms. The lowest BCUT2D eigenvalue weighted by molar-refractivity contribution is -0.0328. The van der Waals surface area contributed by atoms with E-state index in [0.717, 1.165) is 13.2 Å². The van der Waals surface area contributed by atoms with Gasteiger partial charge in [-0.1, -0.05) is 0 Å². The van der Waals surface area contributed by atoms with E-state index in [1.165, 1.54) is 6.07 Å². The Hall–Kier alpha value is -0.950. The van der Waals surface area contributed by atoms with Crippen molar-refractivity contribution in [1.82, 2.24) is 0 Å². The van der Waals surface area contributed by atoms with Crippen molar-refractivity contribution in [3.8, 4) is 6.07 Å². The number of nitrogens with zero attached hydrogens (tertiary/aromatic N) is 1. The first-order valence-corrected chi connectivity index (χ1v) is 6.25. The molecular weight excluding hydrogens is 382 g/mol. The highest BCUT2D eigenvalue weighted by Gasteiger charge is 2.31. The first kappa shape index (κ1) is 15.1. The van der Waals surface area contributed by atoms with Crippen LogP contribution in [0.15, 0.2) is 17.0 Å². The van der Waals surface area contributed by atoms with Gasteiger partial charge in [0, 0.05) is 8.47 Å². The number of esters is 1. The summed E-state index contributed by atoms with van der Waals surface area (Å²) in [5, 5.41) is 8.74. The Labute approximate surface area is 118 Å². The highest BCUT2D eigenvalue weighted by Crippen LogP contribution is 2.40. The number of nitriles is 1. The average molecular weight is 387 g/mol. The van der Waals surface area contributed by atoms with E-state index in [9.17, 15) is 18.0 Å². The minimum Gasteiger partial charge on any atom is -0.465 e. The number of alkyl halides is 3. The van der Waals surface area contributed by atoms with E-state index in [2.05, 4.69) is 4.74 Å². The van der Waals surface area contributed by atoms with Crippen molar-refractivity contribution in [3.05, 3.63) is 26.8 Å². The molecule has 96 valence electrons. The fraction of sp³-hybridized carbons (Fsp3) is 0.200. The molecule has 0 aliphatic rings. The van der Waals surface area contributed by atoms with Crippen LogP contribution < -0.4 is 0 Å². The summed E-state index contributed by atoms with van der Waals surface area (Å²) in [7, 11) is 1.12. The second-order valence-electron chi connectivity index (χ2n) is 2.99. The third-order valence-corrected chi connectivity index (χ3v) is 4.10. The zero-order valence-corrected chi connectivity index (χ0v) is 11.8. The molecule has 0 aliphatic heterocycles. The van der Waals surface area contributed by atoms with Crippen LogP contribution in [-0.2, 0) is 4.74 Å². The van der Waals surface area contributed by atoms with Crippen LogP contribution >= 0.6 is 34.4 Å². The van der Waals surface area contributed by atoms with Gasteiger partial charge >= 0.3 is 11.5 Å². The van der Waals surface area contributed by atoms with Crippen LogP contribution in [0.2, 0.25) is 0 Å². The lowest BCUT2D eigenvalue weighted by Crippen LogP contribution is -2.07. The smallest absolute Gasteiger partial charge is 0.446 e. The largest absolute Gasteiger partial charge is 0.465 e. The lowest BCUT2D eigenvalue weighted by Gasteiger charge is -2.11. The Morgan fingerprint density at radius 2 is 2.11 bits per heavy atom. The maximum atomic E-state index is 12.3. The zero-order valence-electron chi connectivity index (χ0n) is 8.84. The second kappa shape index (κ2) is 5.79. The normalized spacial score (nSPS) is 10.9. The molecule has 0 fully saturated rings. The summed E-state index contributed by atoms with van der Waals surface area (Å²) in [5.41, 5.74) is -4.56. The Morgan fingerprint density at radius 1 is 1.50 bits per heavy atom. The highest BCUT2D eigenvalue weighted by molar-refractivity contribution is 14.1. The Bertz CT molecular complexity index is 525. The second-order valence-corrected chi connectivity index (χ2v) is 5.17. The maximum Gasteiger partial charge on any atom is 0.446 e. The van der Waals surface area contributed by atoms with Gasteiger partial charge in [-0.3, -0.25) is 0 Å². The summed E-state index contributed by atoms with van der Waals surface area (Å²) < 4.78 is 41.6. The van der Waals surface area contributed by atoms with Gasteiger partial charge in [0.1, 0.15) is 0 Å². The summed E-state index contributed by atoms with van der Waals surface area (Å²) in [6.07, 6.45) is 0. The molecule has 0 unspecified atom stereocenters. The molecule has 1 rings (SSSR count). The summed E-state index contributed by atoms with van der Waals surface area (Å²) in [6, 6.07) is 4.00. The van der Waals surface area contributed by atoms with Crippen molar-refractivity contribution < 1.29 is 22.7 Å². The highest BCUT2D eigenvalue weighted by atomic mass is 127. The average Bonchev–Trinajstić information content (AvgIpc) is 2.29. The minimum absolute atomic E-state index is 0.0254. The van der Waals surface area contributed by atoms with Crippen LogP contribution in [0.25, 0.3) is 0 Å². The Balaban J connectivity index is 3.35. The van der Waals surface area contributed by atoms with Crippen LogP contribution in [0.3, 0.4) is 0 Å². The summed E-state index contributed by atoms with van der Waals surface area (Å²) in [6.45, 7) is 0. The standard InChI is InChI=1S/C10H5F3INO2S/c1-17-9(16)6-2-5(4-15)3-7(8(6)14)18-10(11,12)13/h2-3H,1H3. The van der Waals surface area contributed by atoms with Gasteiger partial charge in [-0.05, 0) is 46.5 Å². The van der Waals surface area contributed by atoms with Crippen LogP contribution in [0.5, 0.6) is 0 Å². The molecule has 0 radical (unpaired) electrons. The Morgan fingerprint density at radius 3 is 2.56 bits per heavy atom. The number of ether oxygens (including phenoxy) is 1. The molecule has 1 aromatic rings. The van der Waals surface area contributed by atoms with Crippen LogP contribution in [-0.4, -0.2) is 18.6 Å². The summed E-state index contributed by atoms with van der Waals surface area (Å²) >= 11 is 1.25. The van der Waals surface area contributed by atoms with Gasteiger partial charge in [-0.15, -0.1) is 0 Å². The third-order valence-electron chi connectivity index (χ3n) is 1.80. The molecule has 0 aliphatic carbocycles. The van der Waals surface area contributed by atoms with Gasteiger partial charge in [0.25, 0.3) is 0 Å².